The number of hydrogen-bond acceptors (Lipinski definition) is 4. The Bertz CT molecular complexity index is 837. The number of carbonyl (C=O) groups excluding carboxylic acids is 2. The molecule has 0 atom stereocenters. The number of nitrogens with zero attached hydrogens (tertiary/aromatic N) is 1. The molecule has 0 radical (unpaired) electrons. The molecule has 2 aliphatic heterocycles. The van der Waals surface area contributed by atoms with Gasteiger partial charge in [-0.3, -0.25) is 9.59 Å². The molecule has 3 heterocycles. The van der Waals surface area contributed by atoms with Crippen LogP contribution in [-0.2, 0) is 18.0 Å². The number of carbonyl (C=O) groups is 2. The zero-order valence-corrected chi connectivity index (χ0v) is 15.6. The van der Waals surface area contributed by atoms with Crippen LogP contribution in [0.25, 0.3) is 0 Å². The molecule has 1 fully saturated rings. The molecule has 5 nitrogen and oxygen atoms in total. The van der Waals surface area contributed by atoms with Crippen molar-refractivity contribution in [3.8, 4) is 0 Å². The van der Waals surface area contributed by atoms with Crippen molar-refractivity contribution in [3.63, 3.8) is 0 Å². The molecule has 0 saturated carbocycles. The first-order valence-electron chi connectivity index (χ1n) is 8.96. The van der Waals surface area contributed by atoms with Crippen LogP contribution >= 0.6 is 11.3 Å². The Morgan fingerprint density at radius 1 is 1.12 bits per heavy atom. The normalized spacial score (nSPS) is 17.2. The molecule has 2 amide bonds. The predicted octanol–water partition coefficient (Wildman–Crippen LogP) is 3.12. The van der Waals surface area contributed by atoms with E-state index < -0.39 is 0 Å². The van der Waals surface area contributed by atoms with Gasteiger partial charge in [-0.05, 0) is 55.2 Å². The number of ether oxygens (including phenoxy) is 1. The lowest BCUT2D eigenvalue weighted by molar-refractivity contribution is 0.0698. The minimum absolute atomic E-state index is 0.00787. The van der Waals surface area contributed by atoms with Crippen LogP contribution < -0.4 is 5.32 Å². The Hall–Kier alpha value is -2.18. The number of amides is 2. The Kier molecular flexibility index (Phi) is 4.78. The summed E-state index contributed by atoms with van der Waals surface area (Å²) in [6.07, 6.45) is 1.58. The van der Waals surface area contributed by atoms with Crippen molar-refractivity contribution in [2.45, 2.75) is 39.0 Å². The standard InChI is InChI=1S/C20H22N2O3S/c1-13-2-5-18(26-13)19(23)21-17-6-8-22(9-7-17)20(24)14-3-4-15-11-25-12-16(15)10-14/h2-5,10,17H,6-9,11-12H2,1H3,(H,21,23). The SMILES string of the molecule is Cc1ccc(C(=O)NC2CCN(C(=O)c3ccc4c(c3)COC4)CC2)s1. The van der Waals surface area contributed by atoms with Gasteiger partial charge in [-0.25, -0.2) is 0 Å². The zero-order chi connectivity index (χ0) is 18.1. The van der Waals surface area contributed by atoms with E-state index in [9.17, 15) is 9.59 Å². The van der Waals surface area contributed by atoms with Crippen LogP contribution in [0.3, 0.4) is 0 Å². The summed E-state index contributed by atoms with van der Waals surface area (Å²) in [5, 5.41) is 3.10. The summed E-state index contributed by atoms with van der Waals surface area (Å²) >= 11 is 1.51. The largest absolute Gasteiger partial charge is 0.372 e. The highest BCUT2D eigenvalue weighted by Crippen LogP contribution is 2.23. The van der Waals surface area contributed by atoms with E-state index in [1.807, 2.05) is 42.2 Å². The summed E-state index contributed by atoms with van der Waals surface area (Å²) in [5.41, 5.74) is 3.02. The molecule has 0 aliphatic carbocycles. The summed E-state index contributed by atoms with van der Waals surface area (Å²) in [7, 11) is 0. The Morgan fingerprint density at radius 3 is 2.62 bits per heavy atom. The predicted molar refractivity (Wildman–Crippen MR) is 100 cm³/mol. The first-order chi connectivity index (χ1) is 12.6. The second-order valence-electron chi connectivity index (χ2n) is 6.93. The second-order valence-corrected chi connectivity index (χ2v) is 8.21. The van der Waals surface area contributed by atoms with Crippen LogP contribution in [0, 0.1) is 6.92 Å². The van der Waals surface area contributed by atoms with Gasteiger partial charge in [-0.15, -0.1) is 11.3 Å². The number of fused-ring (bicyclic) bond motifs is 1. The number of piperidine rings is 1. The van der Waals surface area contributed by atoms with E-state index in [4.69, 9.17) is 4.74 Å². The van der Waals surface area contributed by atoms with Crippen molar-refractivity contribution in [1.29, 1.82) is 0 Å². The third kappa shape index (κ3) is 3.52. The third-order valence-corrected chi connectivity index (χ3v) is 6.05. The van der Waals surface area contributed by atoms with E-state index in [2.05, 4.69) is 5.32 Å². The molecule has 0 spiro atoms. The molecule has 1 aromatic heterocycles. The summed E-state index contributed by atoms with van der Waals surface area (Å²) in [5.74, 6) is 0.0601. The number of rotatable bonds is 3. The highest BCUT2D eigenvalue weighted by molar-refractivity contribution is 7.13. The summed E-state index contributed by atoms with van der Waals surface area (Å²) < 4.78 is 5.42. The lowest BCUT2D eigenvalue weighted by Gasteiger charge is -2.32. The van der Waals surface area contributed by atoms with Gasteiger partial charge in [0.25, 0.3) is 11.8 Å². The molecule has 2 aliphatic rings. The van der Waals surface area contributed by atoms with Crippen molar-refractivity contribution < 1.29 is 14.3 Å². The maximum atomic E-state index is 12.8. The maximum absolute atomic E-state index is 12.8. The van der Waals surface area contributed by atoms with Gasteiger partial charge in [0, 0.05) is 29.6 Å². The first-order valence-corrected chi connectivity index (χ1v) is 9.78. The Balaban J connectivity index is 1.33. The Morgan fingerprint density at radius 2 is 1.88 bits per heavy atom. The number of thiophene rings is 1. The van der Waals surface area contributed by atoms with Crippen molar-refractivity contribution in [1.82, 2.24) is 10.2 Å². The molecule has 1 N–H and O–H groups in total. The van der Waals surface area contributed by atoms with E-state index in [1.165, 1.54) is 16.9 Å². The molecule has 1 aromatic carbocycles. The van der Waals surface area contributed by atoms with Crippen LogP contribution in [0.15, 0.2) is 30.3 Å². The molecule has 2 aromatic rings. The summed E-state index contributed by atoms with van der Waals surface area (Å²) in [4.78, 5) is 28.8. The van der Waals surface area contributed by atoms with E-state index in [-0.39, 0.29) is 17.9 Å². The van der Waals surface area contributed by atoms with E-state index in [0.717, 1.165) is 33.7 Å². The van der Waals surface area contributed by atoms with Gasteiger partial charge in [-0.2, -0.15) is 0 Å². The fourth-order valence-electron chi connectivity index (χ4n) is 3.53. The minimum atomic E-state index is -0.00787. The molecule has 136 valence electrons. The number of aryl methyl sites for hydroxylation is 1. The van der Waals surface area contributed by atoms with Gasteiger partial charge in [0.15, 0.2) is 0 Å². The number of likely N-dealkylation sites (tertiary alicyclic amines) is 1. The lowest BCUT2D eigenvalue weighted by Crippen LogP contribution is -2.46. The fourth-order valence-corrected chi connectivity index (χ4v) is 4.30. The summed E-state index contributed by atoms with van der Waals surface area (Å²) in [6, 6.07) is 9.79. The molecular formula is C20H22N2O3S. The van der Waals surface area contributed by atoms with Gasteiger partial charge in [0.1, 0.15) is 0 Å². The van der Waals surface area contributed by atoms with E-state index in [1.54, 1.807) is 0 Å². The number of benzene rings is 1. The molecule has 4 rings (SSSR count). The van der Waals surface area contributed by atoms with Crippen molar-refractivity contribution in [2.24, 2.45) is 0 Å². The average molecular weight is 370 g/mol. The number of nitrogens with one attached hydrogen (secondary N) is 1. The van der Waals surface area contributed by atoms with Crippen molar-refractivity contribution in [3.05, 3.63) is 56.8 Å². The van der Waals surface area contributed by atoms with Crippen molar-refractivity contribution >= 4 is 23.2 Å². The highest BCUT2D eigenvalue weighted by atomic mass is 32.1. The minimum Gasteiger partial charge on any atom is -0.372 e. The smallest absolute Gasteiger partial charge is 0.261 e. The average Bonchev–Trinajstić information content (AvgIpc) is 3.29. The van der Waals surface area contributed by atoms with E-state index >= 15 is 0 Å². The van der Waals surface area contributed by atoms with Gasteiger partial charge in [0.2, 0.25) is 0 Å². The quantitative estimate of drug-likeness (QED) is 0.903. The molecule has 6 heteroatoms. The van der Waals surface area contributed by atoms with Crippen LogP contribution in [0.5, 0.6) is 0 Å². The molecule has 26 heavy (non-hydrogen) atoms. The second kappa shape index (κ2) is 7.21. The molecule has 1 saturated heterocycles. The fraction of sp³-hybridized carbons (Fsp3) is 0.400. The monoisotopic (exact) mass is 370 g/mol. The van der Waals surface area contributed by atoms with Crippen LogP contribution in [-0.4, -0.2) is 35.8 Å². The van der Waals surface area contributed by atoms with Gasteiger partial charge >= 0.3 is 0 Å². The molecular weight excluding hydrogens is 348 g/mol. The lowest BCUT2D eigenvalue weighted by atomic mass is 10.0. The first kappa shape index (κ1) is 17.2. The molecule has 0 bridgehead atoms. The highest BCUT2D eigenvalue weighted by Gasteiger charge is 2.26. The van der Waals surface area contributed by atoms with Crippen molar-refractivity contribution in [2.75, 3.05) is 13.1 Å². The Labute approximate surface area is 157 Å². The topological polar surface area (TPSA) is 58.6 Å². The third-order valence-electron chi connectivity index (χ3n) is 5.05. The van der Waals surface area contributed by atoms with Crippen LogP contribution in [0.4, 0.5) is 0 Å². The van der Waals surface area contributed by atoms with Crippen LogP contribution in [0.1, 0.15) is 48.9 Å². The van der Waals surface area contributed by atoms with E-state index in [0.29, 0.717) is 26.3 Å². The van der Waals surface area contributed by atoms with Crippen LogP contribution in [0.2, 0.25) is 0 Å². The van der Waals surface area contributed by atoms with Gasteiger partial charge in [-0.1, -0.05) is 6.07 Å². The van der Waals surface area contributed by atoms with Gasteiger partial charge in [0.05, 0.1) is 18.1 Å². The van der Waals surface area contributed by atoms with Gasteiger partial charge < -0.3 is 15.0 Å². The maximum Gasteiger partial charge on any atom is 0.261 e. The molecule has 0 unspecified atom stereocenters. The zero-order valence-electron chi connectivity index (χ0n) is 14.8. The summed E-state index contributed by atoms with van der Waals surface area (Å²) in [6.45, 7) is 4.56. The number of hydrogen-bond donors (Lipinski definition) is 1.